The van der Waals surface area contributed by atoms with E-state index in [0.717, 1.165) is 11.1 Å². The van der Waals surface area contributed by atoms with Gasteiger partial charge in [0.1, 0.15) is 0 Å². The topological polar surface area (TPSA) is 76.1 Å². The Hall–Kier alpha value is -1.38. The van der Waals surface area contributed by atoms with Crippen molar-refractivity contribution in [1.29, 1.82) is 5.26 Å². The van der Waals surface area contributed by atoms with Crippen molar-refractivity contribution in [3.05, 3.63) is 33.3 Å². The SMILES string of the molecule is COC(=O)Cc1cc(CN)c(C#N)cc1Br. The Kier molecular flexibility index (Phi) is 4.47. The number of carbonyl (C=O) groups excluding carboxylic acids is 1. The Bertz CT molecular complexity index is 452. The molecular weight excluding hydrogens is 272 g/mol. The molecule has 5 heteroatoms. The molecule has 0 aliphatic rings. The molecule has 0 bridgehead atoms. The standard InChI is InChI=1S/C11H11BrN2O2/c1-16-11(15)4-7-2-8(5-13)9(6-14)3-10(7)12/h2-3H,4-5,13H2,1H3. The third kappa shape index (κ3) is 2.81. The van der Waals surface area contributed by atoms with E-state index in [9.17, 15) is 4.79 Å². The fourth-order valence-corrected chi connectivity index (χ4v) is 1.79. The first kappa shape index (κ1) is 12.7. The zero-order chi connectivity index (χ0) is 12.1. The molecule has 0 aliphatic carbocycles. The fourth-order valence-electron chi connectivity index (χ4n) is 1.31. The number of hydrogen-bond acceptors (Lipinski definition) is 4. The quantitative estimate of drug-likeness (QED) is 0.853. The molecular formula is C11H11BrN2O2. The van der Waals surface area contributed by atoms with Gasteiger partial charge in [-0.15, -0.1) is 0 Å². The van der Waals surface area contributed by atoms with Crippen LogP contribution in [0.3, 0.4) is 0 Å². The molecule has 0 atom stereocenters. The molecule has 0 amide bonds. The second kappa shape index (κ2) is 5.64. The van der Waals surface area contributed by atoms with E-state index in [-0.39, 0.29) is 18.9 Å². The Morgan fingerprint density at radius 1 is 1.56 bits per heavy atom. The van der Waals surface area contributed by atoms with Crippen molar-refractivity contribution in [3.8, 4) is 6.07 Å². The lowest BCUT2D eigenvalue weighted by atomic mass is 10.0. The number of ether oxygens (including phenoxy) is 1. The highest BCUT2D eigenvalue weighted by molar-refractivity contribution is 9.10. The summed E-state index contributed by atoms with van der Waals surface area (Å²) in [5.41, 5.74) is 7.54. The molecule has 0 saturated heterocycles. The van der Waals surface area contributed by atoms with Gasteiger partial charge < -0.3 is 10.5 Å². The number of rotatable bonds is 3. The van der Waals surface area contributed by atoms with Crippen molar-refractivity contribution in [2.75, 3.05) is 7.11 Å². The van der Waals surface area contributed by atoms with E-state index in [1.165, 1.54) is 7.11 Å². The van der Waals surface area contributed by atoms with Gasteiger partial charge in [0.25, 0.3) is 0 Å². The van der Waals surface area contributed by atoms with Crippen LogP contribution < -0.4 is 5.73 Å². The van der Waals surface area contributed by atoms with Crippen molar-refractivity contribution >= 4 is 21.9 Å². The summed E-state index contributed by atoms with van der Waals surface area (Å²) < 4.78 is 5.30. The van der Waals surface area contributed by atoms with E-state index in [1.54, 1.807) is 12.1 Å². The summed E-state index contributed by atoms with van der Waals surface area (Å²) in [5, 5.41) is 8.87. The molecule has 84 valence electrons. The van der Waals surface area contributed by atoms with E-state index in [4.69, 9.17) is 11.0 Å². The van der Waals surface area contributed by atoms with E-state index in [0.29, 0.717) is 10.0 Å². The maximum absolute atomic E-state index is 11.1. The zero-order valence-corrected chi connectivity index (χ0v) is 10.4. The molecule has 0 radical (unpaired) electrons. The van der Waals surface area contributed by atoms with Crippen molar-refractivity contribution in [3.63, 3.8) is 0 Å². The maximum atomic E-state index is 11.1. The smallest absolute Gasteiger partial charge is 0.310 e. The minimum Gasteiger partial charge on any atom is -0.469 e. The van der Waals surface area contributed by atoms with Gasteiger partial charge in [-0.2, -0.15) is 5.26 Å². The van der Waals surface area contributed by atoms with Gasteiger partial charge in [0.2, 0.25) is 0 Å². The van der Waals surface area contributed by atoms with Crippen molar-refractivity contribution in [2.45, 2.75) is 13.0 Å². The average molecular weight is 283 g/mol. The second-order valence-electron chi connectivity index (χ2n) is 3.17. The molecule has 0 heterocycles. The molecule has 0 fully saturated rings. The van der Waals surface area contributed by atoms with Crippen LogP contribution in [0.5, 0.6) is 0 Å². The molecule has 1 rings (SSSR count). The van der Waals surface area contributed by atoms with Crippen LogP contribution in [-0.4, -0.2) is 13.1 Å². The first-order valence-electron chi connectivity index (χ1n) is 4.60. The molecule has 0 aromatic heterocycles. The summed E-state index contributed by atoms with van der Waals surface area (Å²) in [4.78, 5) is 11.1. The van der Waals surface area contributed by atoms with Gasteiger partial charge in [-0.1, -0.05) is 22.0 Å². The third-order valence-electron chi connectivity index (χ3n) is 2.18. The molecule has 2 N–H and O–H groups in total. The lowest BCUT2D eigenvalue weighted by Gasteiger charge is -2.07. The first-order chi connectivity index (χ1) is 7.62. The van der Waals surface area contributed by atoms with E-state index in [1.807, 2.05) is 0 Å². The van der Waals surface area contributed by atoms with Crippen LogP contribution in [0.25, 0.3) is 0 Å². The normalized spacial score (nSPS) is 9.62. The molecule has 0 spiro atoms. The predicted octanol–water partition coefficient (Wildman–Crippen LogP) is 1.49. The van der Waals surface area contributed by atoms with Gasteiger partial charge >= 0.3 is 5.97 Å². The third-order valence-corrected chi connectivity index (χ3v) is 2.91. The number of nitrogens with two attached hydrogens (primary N) is 1. The summed E-state index contributed by atoms with van der Waals surface area (Å²) >= 11 is 3.31. The number of halogens is 1. The van der Waals surface area contributed by atoms with Crippen molar-refractivity contribution < 1.29 is 9.53 Å². The highest BCUT2D eigenvalue weighted by atomic mass is 79.9. The number of hydrogen-bond donors (Lipinski definition) is 1. The van der Waals surface area contributed by atoms with Gasteiger partial charge in [-0.05, 0) is 17.2 Å². The van der Waals surface area contributed by atoms with Crippen LogP contribution in [0.15, 0.2) is 16.6 Å². The molecule has 0 unspecified atom stereocenters. The summed E-state index contributed by atoms with van der Waals surface area (Å²) in [6.07, 6.45) is 0.162. The number of nitriles is 1. The largest absolute Gasteiger partial charge is 0.469 e. The molecule has 1 aromatic carbocycles. The Morgan fingerprint density at radius 3 is 2.75 bits per heavy atom. The number of benzene rings is 1. The average Bonchev–Trinajstić information content (AvgIpc) is 2.30. The van der Waals surface area contributed by atoms with Gasteiger partial charge in [-0.3, -0.25) is 4.79 Å². The van der Waals surface area contributed by atoms with Crippen LogP contribution >= 0.6 is 15.9 Å². The van der Waals surface area contributed by atoms with Crippen LogP contribution in [-0.2, 0) is 22.5 Å². The summed E-state index contributed by atoms with van der Waals surface area (Å²) in [6.45, 7) is 0.268. The summed E-state index contributed by atoms with van der Waals surface area (Å²) in [6, 6.07) is 5.47. The lowest BCUT2D eigenvalue weighted by Crippen LogP contribution is -2.07. The van der Waals surface area contributed by atoms with Gasteiger partial charge in [0.15, 0.2) is 0 Å². The van der Waals surface area contributed by atoms with Gasteiger partial charge in [0.05, 0.1) is 25.2 Å². The maximum Gasteiger partial charge on any atom is 0.310 e. The van der Waals surface area contributed by atoms with Crippen LogP contribution in [0.2, 0.25) is 0 Å². The highest BCUT2D eigenvalue weighted by Gasteiger charge is 2.10. The molecule has 0 aliphatic heterocycles. The minimum atomic E-state index is -0.326. The van der Waals surface area contributed by atoms with Crippen molar-refractivity contribution in [2.24, 2.45) is 5.73 Å². The number of methoxy groups -OCH3 is 1. The minimum absolute atomic E-state index is 0.162. The summed E-state index contributed by atoms with van der Waals surface area (Å²) in [7, 11) is 1.34. The molecule has 1 aromatic rings. The Balaban J connectivity index is 3.12. The Morgan fingerprint density at radius 2 is 2.25 bits per heavy atom. The molecule has 4 nitrogen and oxygen atoms in total. The lowest BCUT2D eigenvalue weighted by molar-refractivity contribution is -0.139. The van der Waals surface area contributed by atoms with Gasteiger partial charge in [-0.25, -0.2) is 0 Å². The first-order valence-corrected chi connectivity index (χ1v) is 5.40. The molecule has 0 saturated carbocycles. The van der Waals surface area contributed by atoms with Crippen LogP contribution in [0, 0.1) is 11.3 Å². The van der Waals surface area contributed by atoms with Crippen molar-refractivity contribution in [1.82, 2.24) is 0 Å². The number of carbonyl (C=O) groups is 1. The van der Waals surface area contributed by atoms with Gasteiger partial charge in [0, 0.05) is 11.0 Å². The molecule has 16 heavy (non-hydrogen) atoms. The second-order valence-corrected chi connectivity index (χ2v) is 4.02. The highest BCUT2D eigenvalue weighted by Crippen LogP contribution is 2.22. The Labute approximate surface area is 102 Å². The zero-order valence-electron chi connectivity index (χ0n) is 8.79. The van der Waals surface area contributed by atoms with E-state index >= 15 is 0 Å². The van der Waals surface area contributed by atoms with E-state index < -0.39 is 0 Å². The predicted molar refractivity (Wildman–Crippen MR) is 62.5 cm³/mol. The monoisotopic (exact) mass is 282 g/mol. The fraction of sp³-hybridized carbons (Fsp3) is 0.273. The van der Waals surface area contributed by atoms with E-state index in [2.05, 4.69) is 26.7 Å². The number of esters is 1. The van der Waals surface area contributed by atoms with Crippen LogP contribution in [0.4, 0.5) is 0 Å². The summed E-state index contributed by atoms with van der Waals surface area (Å²) in [5.74, 6) is -0.326. The number of nitrogens with zero attached hydrogens (tertiary/aromatic N) is 1. The van der Waals surface area contributed by atoms with Crippen LogP contribution in [0.1, 0.15) is 16.7 Å².